The molecule has 0 radical (unpaired) electrons. The van der Waals surface area contributed by atoms with Crippen LogP contribution in [0.4, 0.5) is 0 Å². The number of aryl methyl sites for hydroxylation is 4. The lowest BCUT2D eigenvalue weighted by Crippen LogP contribution is -1.86. The molecule has 0 N–H and O–H groups in total. The van der Waals surface area contributed by atoms with E-state index in [1.54, 1.807) is 11.1 Å². The van der Waals surface area contributed by atoms with Gasteiger partial charge >= 0.3 is 0 Å². The van der Waals surface area contributed by atoms with Gasteiger partial charge in [-0.1, -0.05) is 106 Å². The highest BCUT2D eigenvalue weighted by Crippen LogP contribution is 2.43. The number of benzene rings is 2. The lowest BCUT2D eigenvalue weighted by Gasteiger charge is -2.04. The molecule has 2 aromatic carbocycles. The fourth-order valence-corrected chi connectivity index (χ4v) is 7.33. The van der Waals surface area contributed by atoms with Crippen LogP contribution in [0.25, 0.3) is 31.3 Å². The first-order valence-corrected chi connectivity index (χ1v) is 15.6. The molecule has 2 aromatic heterocycles. The molecule has 0 aliphatic heterocycles. The third kappa shape index (κ3) is 6.99. The van der Waals surface area contributed by atoms with Crippen LogP contribution in [0.3, 0.4) is 0 Å². The molecule has 4 aromatic rings. The second-order valence-electron chi connectivity index (χ2n) is 10.2. The summed E-state index contributed by atoms with van der Waals surface area (Å²) < 4.78 is 0. The molecule has 0 spiro atoms. The Labute approximate surface area is 227 Å². The first kappa shape index (κ1) is 26.9. The molecule has 0 aliphatic carbocycles. The Morgan fingerprint density at radius 3 is 1.67 bits per heavy atom. The standard InChI is InChI=1S/C34H42S2/c1-5-7-9-11-13-30-23-33(35-26(30)4)34-31(14-12-10-8-6-2)24-32(36-34)29-21-19-28(20-22-29)27-17-15-25(3)16-18-27/h15-24H,5-14H2,1-4H3. The average Bonchev–Trinajstić information content (AvgIpc) is 3.48. The minimum absolute atomic E-state index is 1.19. The molecular weight excluding hydrogens is 473 g/mol. The summed E-state index contributed by atoms with van der Waals surface area (Å²) in [4.78, 5) is 5.91. The highest BCUT2D eigenvalue weighted by molar-refractivity contribution is 7.24. The van der Waals surface area contributed by atoms with E-state index in [1.807, 2.05) is 22.7 Å². The number of unbranched alkanes of at least 4 members (excludes halogenated alkanes) is 6. The van der Waals surface area contributed by atoms with Crippen LogP contribution in [-0.4, -0.2) is 0 Å². The summed E-state index contributed by atoms with van der Waals surface area (Å²) in [5.74, 6) is 0. The number of rotatable bonds is 13. The van der Waals surface area contributed by atoms with Gasteiger partial charge in [0.15, 0.2) is 0 Å². The van der Waals surface area contributed by atoms with Gasteiger partial charge in [0.1, 0.15) is 0 Å². The van der Waals surface area contributed by atoms with E-state index in [2.05, 4.69) is 88.4 Å². The fraction of sp³-hybridized carbons (Fsp3) is 0.412. The lowest BCUT2D eigenvalue weighted by molar-refractivity contribution is 0.666. The quantitative estimate of drug-likeness (QED) is 0.156. The van der Waals surface area contributed by atoms with Gasteiger partial charge in [0.2, 0.25) is 0 Å². The summed E-state index contributed by atoms with van der Waals surface area (Å²) in [6.07, 6.45) is 13.0. The van der Waals surface area contributed by atoms with Crippen molar-refractivity contribution in [3.8, 4) is 31.3 Å². The van der Waals surface area contributed by atoms with Crippen LogP contribution >= 0.6 is 22.7 Å². The van der Waals surface area contributed by atoms with Gasteiger partial charge in [-0.2, -0.15) is 0 Å². The maximum atomic E-state index is 2.51. The van der Waals surface area contributed by atoms with E-state index in [0.29, 0.717) is 0 Å². The number of hydrogen-bond donors (Lipinski definition) is 0. The van der Waals surface area contributed by atoms with Crippen molar-refractivity contribution in [1.29, 1.82) is 0 Å². The van der Waals surface area contributed by atoms with Crippen molar-refractivity contribution in [2.45, 2.75) is 91.9 Å². The van der Waals surface area contributed by atoms with Gasteiger partial charge in [-0.3, -0.25) is 0 Å². The Hall–Kier alpha value is -2.16. The maximum Gasteiger partial charge on any atom is 0.0481 e. The summed E-state index contributed by atoms with van der Waals surface area (Å²) in [7, 11) is 0. The Balaban J connectivity index is 1.58. The largest absolute Gasteiger partial charge is 0.139 e. The molecule has 0 fully saturated rings. The molecule has 0 nitrogen and oxygen atoms in total. The van der Waals surface area contributed by atoms with E-state index in [4.69, 9.17) is 0 Å². The zero-order valence-corrected chi connectivity index (χ0v) is 24.3. The van der Waals surface area contributed by atoms with E-state index in [1.165, 1.54) is 106 Å². The molecular formula is C34H42S2. The van der Waals surface area contributed by atoms with E-state index >= 15 is 0 Å². The van der Waals surface area contributed by atoms with E-state index < -0.39 is 0 Å². The van der Waals surface area contributed by atoms with Crippen molar-refractivity contribution in [1.82, 2.24) is 0 Å². The first-order chi connectivity index (χ1) is 17.6. The Morgan fingerprint density at radius 1 is 0.528 bits per heavy atom. The summed E-state index contributed by atoms with van der Waals surface area (Å²) in [5.41, 5.74) is 8.34. The molecule has 2 heterocycles. The molecule has 0 saturated heterocycles. The highest BCUT2D eigenvalue weighted by Gasteiger charge is 2.16. The average molecular weight is 515 g/mol. The Bertz CT molecular complexity index is 1210. The van der Waals surface area contributed by atoms with Crippen LogP contribution in [0.2, 0.25) is 0 Å². The van der Waals surface area contributed by atoms with Gasteiger partial charge in [-0.05, 0) is 79.5 Å². The highest BCUT2D eigenvalue weighted by atomic mass is 32.1. The summed E-state index contributed by atoms with van der Waals surface area (Å²) in [6, 6.07) is 23.0. The van der Waals surface area contributed by atoms with Crippen LogP contribution in [-0.2, 0) is 12.8 Å². The first-order valence-electron chi connectivity index (χ1n) is 14.0. The van der Waals surface area contributed by atoms with Crippen LogP contribution in [0.1, 0.15) is 86.8 Å². The van der Waals surface area contributed by atoms with Gasteiger partial charge in [-0.15, -0.1) is 22.7 Å². The molecule has 190 valence electrons. The van der Waals surface area contributed by atoms with Crippen LogP contribution < -0.4 is 0 Å². The fourth-order valence-electron chi connectivity index (χ4n) is 4.90. The second kappa shape index (κ2) is 13.4. The minimum Gasteiger partial charge on any atom is -0.139 e. The molecule has 0 amide bonds. The van der Waals surface area contributed by atoms with E-state index in [0.717, 1.165) is 0 Å². The third-order valence-electron chi connectivity index (χ3n) is 7.21. The van der Waals surface area contributed by atoms with Crippen molar-refractivity contribution < 1.29 is 0 Å². The Kier molecular flexibility index (Phi) is 10.0. The smallest absolute Gasteiger partial charge is 0.0481 e. The summed E-state index contributed by atoms with van der Waals surface area (Å²) in [6.45, 7) is 9.05. The molecule has 0 aliphatic rings. The molecule has 0 saturated carbocycles. The number of hydrogen-bond acceptors (Lipinski definition) is 2. The molecule has 4 rings (SSSR count). The van der Waals surface area contributed by atoms with Gasteiger partial charge in [0.25, 0.3) is 0 Å². The molecule has 0 atom stereocenters. The summed E-state index contributed by atoms with van der Waals surface area (Å²) >= 11 is 4.01. The van der Waals surface area contributed by atoms with Crippen molar-refractivity contribution in [3.05, 3.63) is 82.2 Å². The Morgan fingerprint density at radius 2 is 1.06 bits per heavy atom. The topological polar surface area (TPSA) is 0 Å². The van der Waals surface area contributed by atoms with E-state index in [9.17, 15) is 0 Å². The van der Waals surface area contributed by atoms with Gasteiger partial charge in [-0.25, -0.2) is 0 Å². The monoisotopic (exact) mass is 514 g/mol. The van der Waals surface area contributed by atoms with E-state index in [-0.39, 0.29) is 0 Å². The predicted octanol–water partition coefficient (Wildman–Crippen LogP) is 11.7. The molecule has 0 bridgehead atoms. The normalized spacial score (nSPS) is 11.3. The van der Waals surface area contributed by atoms with Crippen LogP contribution in [0.15, 0.2) is 60.7 Å². The molecule has 2 heteroatoms. The van der Waals surface area contributed by atoms with Gasteiger partial charge in [0.05, 0.1) is 0 Å². The maximum absolute atomic E-state index is 2.51. The SMILES string of the molecule is CCCCCCc1cc(-c2sc(-c3ccc(-c4ccc(C)cc4)cc3)cc2CCCCCC)sc1C. The third-order valence-corrected chi connectivity index (χ3v) is 9.71. The van der Waals surface area contributed by atoms with Crippen LogP contribution in [0.5, 0.6) is 0 Å². The summed E-state index contributed by atoms with van der Waals surface area (Å²) in [5, 5.41) is 0. The van der Waals surface area contributed by atoms with Crippen molar-refractivity contribution in [2.24, 2.45) is 0 Å². The zero-order valence-electron chi connectivity index (χ0n) is 22.7. The molecule has 36 heavy (non-hydrogen) atoms. The minimum atomic E-state index is 1.19. The van der Waals surface area contributed by atoms with Gasteiger partial charge < -0.3 is 0 Å². The predicted molar refractivity (Wildman–Crippen MR) is 164 cm³/mol. The second-order valence-corrected chi connectivity index (χ2v) is 12.5. The van der Waals surface area contributed by atoms with Crippen molar-refractivity contribution >= 4 is 22.7 Å². The van der Waals surface area contributed by atoms with Crippen molar-refractivity contribution in [2.75, 3.05) is 0 Å². The zero-order chi connectivity index (χ0) is 25.3. The van der Waals surface area contributed by atoms with Gasteiger partial charge in [0, 0.05) is 19.5 Å². The van der Waals surface area contributed by atoms with Crippen LogP contribution in [0, 0.1) is 13.8 Å². The van der Waals surface area contributed by atoms with Crippen molar-refractivity contribution in [3.63, 3.8) is 0 Å². The molecule has 0 unspecified atom stereocenters. The number of thiophene rings is 2. The lowest BCUT2D eigenvalue weighted by atomic mass is 10.0.